The van der Waals surface area contributed by atoms with Crippen LogP contribution in [0.4, 0.5) is 0 Å². The maximum absolute atomic E-state index is 11.9. The average Bonchev–Trinajstić information content (AvgIpc) is 2.72. The normalized spacial score (nSPS) is 20.3. The van der Waals surface area contributed by atoms with Crippen LogP contribution >= 0.6 is 23.2 Å². The van der Waals surface area contributed by atoms with E-state index in [4.69, 9.17) is 23.2 Å². The van der Waals surface area contributed by atoms with E-state index in [0.29, 0.717) is 23.0 Å². The lowest BCUT2D eigenvalue weighted by Crippen LogP contribution is -2.41. The van der Waals surface area contributed by atoms with Gasteiger partial charge in [-0.1, -0.05) is 29.3 Å². The summed E-state index contributed by atoms with van der Waals surface area (Å²) in [6.45, 7) is 0.740. The van der Waals surface area contributed by atoms with E-state index in [1.807, 2.05) is 18.0 Å². The van der Waals surface area contributed by atoms with Gasteiger partial charge in [0.05, 0.1) is 28.1 Å². The molecule has 1 heterocycles. The van der Waals surface area contributed by atoms with E-state index in [9.17, 15) is 13.2 Å². The van der Waals surface area contributed by atoms with Crippen molar-refractivity contribution in [2.75, 3.05) is 25.1 Å². The second-order valence-electron chi connectivity index (χ2n) is 5.59. The molecule has 1 aliphatic rings. The van der Waals surface area contributed by atoms with Crippen LogP contribution < -0.4 is 5.32 Å². The number of benzene rings is 1. The van der Waals surface area contributed by atoms with E-state index in [-0.39, 0.29) is 30.0 Å². The number of likely N-dealkylation sites (N-methyl/N-ethyl adjacent to an activating group) is 1. The Morgan fingerprint density at radius 3 is 2.68 bits per heavy atom. The summed E-state index contributed by atoms with van der Waals surface area (Å²) in [6, 6.07) is 5.07. The van der Waals surface area contributed by atoms with Gasteiger partial charge in [-0.25, -0.2) is 8.42 Å². The van der Waals surface area contributed by atoms with Crippen molar-refractivity contribution in [1.82, 2.24) is 10.2 Å². The molecule has 0 unspecified atom stereocenters. The number of nitrogens with zero attached hydrogens (tertiary/aromatic N) is 1. The fraction of sp³-hybridized carbons (Fsp3) is 0.500. The van der Waals surface area contributed by atoms with Crippen LogP contribution in [0.2, 0.25) is 10.0 Å². The summed E-state index contributed by atoms with van der Waals surface area (Å²) in [5, 5.41) is 3.74. The van der Waals surface area contributed by atoms with E-state index in [0.717, 1.165) is 5.56 Å². The van der Waals surface area contributed by atoms with Gasteiger partial charge >= 0.3 is 0 Å². The van der Waals surface area contributed by atoms with Crippen molar-refractivity contribution >= 4 is 38.9 Å². The van der Waals surface area contributed by atoms with Crippen molar-refractivity contribution in [3.63, 3.8) is 0 Å². The summed E-state index contributed by atoms with van der Waals surface area (Å²) < 4.78 is 22.7. The Balaban J connectivity index is 1.82. The Morgan fingerprint density at radius 2 is 2.09 bits per heavy atom. The second-order valence-corrected chi connectivity index (χ2v) is 8.63. The van der Waals surface area contributed by atoms with Crippen LogP contribution in [0.1, 0.15) is 12.0 Å². The molecular weight excluding hydrogens is 347 g/mol. The molecule has 0 spiro atoms. The predicted molar refractivity (Wildman–Crippen MR) is 88.0 cm³/mol. The summed E-state index contributed by atoms with van der Waals surface area (Å²) in [7, 11) is -1.17. The molecule has 1 aromatic carbocycles. The minimum absolute atomic E-state index is 0.0370. The Kier molecular flexibility index (Phi) is 5.71. The highest BCUT2D eigenvalue weighted by atomic mass is 35.5. The third kappa shape index (κ3) is 5.12. The molecule has 0 aliphatic carbocycles. The summed E-state index contributed by atoms with van der Waals surface area (Å²) in [4.78, 5) is 13.8. The molecule has 1 aromatic rings. The predicted octanol–water partition coefficient (Wildman–Crippen LogP) is 1.73. The lowest BCUT2D eigenvalue weighted by Gasteiger charge is -2.18. The first kappa shape index (κ1) is 17.5. The molecule has 1 amide bonds. The van der Waals surface area contributed by atoms with Crippen LogP contribution in [-0.2, 0) is 21.2 Å². The van der Waals surface area contributed by atoms with Gasteiger partial charge in [0.2, 0.25) is 5.91 Å². The van der Waals surface area contributed by atoms with E-state index in [2.05, 4.69) is 5.32 Å². The SMILES string of the molecule is CN(CC(=O)N[C@H]1CCS(=O)(=O)C1)Cc1ccc(Cl)c(Cl)c1. The Labute approximate surface area is 140 Å². The zero-order valence-electron chi connectivity index (χ0n) is 12.2. The van der Waals surface area contributed by atoms with E-state index < -0.39 is 9.84 Å². The van der Waals surface area contributed by atoms with Gasteiger partial charge in [0.15, 0.2) is 9.84 Å². The highest BCUT2D eigenvalue weighted by Gasteiger charge is 2.28. The maximum atomic E-state index is 11.9. The highest BCUT2D eigenvalue weighted by Crippen LogP contribution is 2.23. The molecule has 22 heavy (non-hydrogen) atoms. The number of halogens is 2. The smallest absolute Gasteiger partial charge is 0.234 e. The standard InChI is InChI=1S/C14H18Cl2N2O3S/c1-18(7-10-2-3-12(15)13(16)6-10)8-14(19)17-11-4-5-22(20,21)9-11/h2-3,6,11H,4-5,7-9H2,1H3,(H,17,19)/t11-/m0/s1. The molecule has 1 fully saturated rings. The molecule has 0 saturated carbocycles. The number of rotatable bonds is 5. The fourth-order valence-electron chi connectivity index (χ4n) is 2.43. The van der Waals surface area contributed by atoms with Gasteiger partial charge < -0.3 is 5.32 Å². The van der Waals surface area contributed by atoms with Crippen molar-refractivity contribution in [3.05, 3.63) is 33.8 Å². The summed E-state index contributed by atoms with van der Waals surface area (Å²) in [5.74, 6) is 0.0106. The van der Waals surface area contributed by atoms with Gasteiger partial charge in [0.1, 0.15) is 0 Å². The quantitative estimate of drug-likeness (QED) is 0.863. The molecule has 2 rings (SSSR count). The van der Waals surface area contributed by atoms with Crippen LogP contribution in [0.3, 0.4) is 0 Å². The number of sulfone groups is 1. The van der Waals surface area contributed by atoms with Gasteiger partial charge in [0.25, 0.3) is 0 Å². The molecule has 1 aliphatic heterocycles. The summed E-state index contributed by atoms with van der Waals surface area (Å²) >= 11 is 11.8. The number of hydrogen-bond acceptors (Lipinski definition) is 4. The molecule has 0 radical (unpaired) electrons. The first-order chi connectivity index (χ1) is 10.2. The Hall–Kier alpha value is -0.820. The molecule has 5 nitrogen and oxygen atoms in total. The van der Waals surface area contributed by atoms with Crippen LogP contribution in [0, 0.1) is 0 Å². The third-order valence-corrected chi connectivity index (χ3v) is 5.95. The number of hydrogen-bond donors (Lipinski definition) is 1. The largest absolute Gasteiger partial charge is 0.351 e. The molecule has 0 bridgehead atoms. The van der Waals surface area contributed by atoms with Crippen molar-refractivity contribution in [3.8, 4) is 0 Å². The van der Waals surface area contributed by atoms with Crippen LogP contribution in [0.15, 0.2) is 18.2 Å². The van der Waals surface area contributed by atoms with E-state index in [1.165, 1.54) is 0 Å². The third-order valence-electron chi connectivity index (χ3n) is 3.45. The fourth-order valence-corrected chi connectivity index (χ4v) is 4.43. The van der Waals surface area contributed by atoms with Gasteiger partial charge in [-0.3, -0.25) is 9.69 Å². The first-order valence-electron chi connectivity index (χ1n) is 6.87. The van der Waals surface area contributed by atoms with Crippen molar-refractivity contribution in [2.45, 2.75) is 19.0 Å². The van der Waals surface area contributed by atoms with Crippen LogP contribution in [0.5, 0.6) is 0 Å². The minimum atomic E-state index is -2.98. The molecule has 122 valence electrons. The lowest BCUT2D eigenvalue weighted by molar-refractivity contribution is -0.122. The Bertz CT molecular complexity index is 664. The first-order valence-corrected chi connectivity index (χ1v) is 9.45. The van der Waals surface area contributed by atoms with Crippen LogP contribution in [-0.4, -0.2) is 50.4 Å². The van der Waals surface area contributed by atoms with Gasteiger partial charge in [-0.15, -0.1) is 0 Å². The molecule has 0 aromatic heterocycles. The number of carbonyl (C=O) groups is 1. The summed E-state index contributed by atoms with van der Waals surface area (Å²) in [6.07, 6.45) is 0.491. The van der Waals surface area contributed by atoms with E-state index in [1.54, 1.807) is 12.1 Å². The number of nitrogens with one attached hydrogen (secondary N) is 1. The van der Waals surface area contributed by atoms with Crippen molar-refractivity contribution in [2.24, 2.45) is 0 Å². The molecule has 1 atom stereocenters. The maximum Gasteiger partial charge on any atom is 0.234 e. The minimum Gasteiger partial charge on any atom is -0.351 e. The molecule has 1 N–H and O–H groups in total. The van der Waals surface area contributed by atoms with Crippen molar-refractivity contribution in [1.29, 1.82) is 0 Å². The molecule has 1 saturated heterocycles. The number of amides is 1. The van der Waals surface area contributed by atoms with Gasteiger partial charge in [-0.2, -0.15) is 0 Å². The number of carbonyl (C=O) groups excluding carboxylic acids is 1. The second kappa shape index (κ2) is 7.17. The topological polar surface area (TPSA) is 66.5 Å². The van der Waals surface area contributed by atoms with Crippen molar-refractivity contribution < 1.29 is 13.2 Å². The van der Waals surface area contributed by atoms with Crippen LogP contribution in [0.25, 0.3) is 0 Å². The average molecular weight is 365 g/mol. The zero-order valence-corrected chi connectivity index (χ0v) is 14.5. The lowest BCUT2D eigenvalue weighted by atomic mass is 10.2. The van der Waals surface area contributed by atoms with Gasteiger partial charge in [-0.05, 0) is 31.2 Å². The summed E-state index contributed by atoms with van der Waals surface area (Å²) in [5.41, 5.74) is 0.952. The zero-order chi connectivity index (χ0) is 16.3. The van der Waals surface area contributed by atoms with E-state index >= 15 is 0 Å². The van der Waals surface area contributed by atoms with Gasteiger partial charge in [0, 0.05) is 12.6 Å². The molecule has 8 heteroatoms. The Morgan fingerprint density at radius 1 is 1.36 bits per heavy atom. The molecular formula is C14H18Cl2N2O3S. The highest BCUT2D eigenvalue weighted by molar-refractivity contribution is 7.91. The monoisotopic (exact) mass is 364 g/mol.